The van der Waals surface area contributed by atoms with E-state index in [9.17, 15) is 4.39 Å². The number of halogens is 1. The Bertz CT molecular complexity index is 685. The van der Waals surface area contributed by atoms with Crippen LogP contribution in [0.25, 0.3) is 0 Å². The van der Waals surface area contributed by atoms with E-state index < -0.39 is 0 Å². The molecule has 5 heteroatoms. The van der Waals surface area contributed by atoms with Gasteiger partial charge < -0.3 is 10.6 Å². The lowest BCUT2D eigenvalue weighted by atomic mass is 10.1. The molecule has 1 heterocycles. The van der Waals surface area contributed by atoms with Gasteiger partial charge in [-0.1, -0.05) is 30.4 Å². The summed E-state index contributed by atoms with van der Waals surface area (Å²) in [5.74, 6) is -0.219. The molecule has 0 saturated heterocycles. The van der Waals surface area contributed by atoms with Crippen molar-refractivity contribution in [2.45, 2.75) is 20.4 Å². The van der Waals surface area contributed by atoms with Crippen LogP contribution in [0.3, 0.4) is 0 Å². The predicted molar refractivity (Wildman–Crippen MR) is 88.1 cm³/mol. The lowest BCUT2D eigenvalue weighted by Gasteiger charge is -2.24. The van der Waals surface area contributed by atoms with Crippen molar-refractivity contribution in [3.8, 4) is 0 Å². The van der Waals surface area contributed by atoms with E-state index in [1.807, 2.05) is 37.9 Å². The van der Waals surface area contributed by atoms with Gasteiger partial charge >= 0.3 is 0 Å². The van der Waals surface area contributed by atoms with Crippen molar-refractivity contribution < 1.29 is 4.39 Å². The molecule has 110 valence electrons. The van der Waals surface area contributed by atoms with Gasteiger partial charge in [0.1, 0.15) is 10.8 Å². The summed E-state index contributed by atoms with van der Waals surface area (Å²) in [6, 6.07) is 8.65. The molecule has 0 atom stereocenters. The highest BCUT2D eigenvalue weighted by Crippen LogP contribution is 2.25. The molecule has 2 rings (SSSR count). The molecule has 0 aliphatic rings. The minimum absolute atomic E-state index is 0.219. The zero-order chi connectivity index (χ0) is 15.6. The van der Waals surface area contributed by atoms with E-state index in [0.717, 1.165) is 22.6 Å². The van der Waals surface area contributed by atoms with E-state index in [1.54, 1.807) is 12.1 Å². The maximum Gasteiger partial charge on any atom is 0.128 e. The summed E-state index contributed by atoms with van der Waals surface area (Å²) in [6.45, 7) is 4.23. The van der Waals surface area contributed by atoms with E-state index in [4.69, 9.17) is 18.0 Å². The van der Waals surface area contributed by atoms with Gasteiger partial charge in [-0.3, -0.25) is 4.98 Å². The van der Waals surface area contributed by atoms with Crippen LogP contribution in [-0.2, 0) is 6.54 Å². The Labute approximate surface area is 129 Å². The molecule has 1 aromatic carbocycles. The minimum atomic E-state index is -0.219. The van der Waals surface area contributed by atoms with E-state index in [-0.39, 0.29) is 5.82 Å². The van der Waals surface area contributed by atoms with E-state index in [2.05, 4.69) is 4.98 Å². The number of benzene rings is 1. The van der Waals surface area contributed by atoms with Crippen LogP contribution in [-0.4, -0.2) is 17.0 Å². The summed E-state index contributed by atoms with van der Waals surface area (Å²) in [4.78, 5) is 6.63. The molecule has 0 saturated carbocycles. The molecule has 3 nitrogen and oxygen atoms in total. The zero-order valence-corrected chi connectivity index (χ0v) is 13.2. The molecule has 2 N–H and O–H groups in total. The molecular formula is C16H18FN3S. The van der Waals surface area contributed by atoms with Gasteiger partial charge in [-0.15, -0.1) is 0 Å². The van der Waals surface area contributed by atoms with Gasteiger partial charge in [-0.2, -0.15) is 0 Å². The van der Waals surface area contributed by atoms with Crippen LogP contribution in [0, 0.1) is 19.7 Å². The molecule has 0 unspecified atom stereocenters. The standard InChI is InChI=1S/C16H18FN3S/c1-10-8-14(15(16(18)21)11(2)19-10)20(3)9-12-6-4-5-7-13(12)17/h4-8H,9H2,1-3H3,(H2,18,21). The van der Waals surface area contributed by atoms with Crippen LogP contribution in [0.2, 0.25) is 0 Å². The summed E-state index contributed by atoms with van der Waals surface area (Å²) in [5.41, 5.74) is 9.73. The second kappa shape index (κ2) is 6.18. The van der Waals surface area contributed by atoms with Crippen LogP contribution in [0.15, 0.2) is 30.3 Å². The Kier molecular flexibility index (Phi) is 4.53. The van der Waals surface area contributed by atoms with Crippen LogP contribution >= 0.6 is 12.2 Å². The third kappa shape index (κ3) is 3.36. The molecule has 0 aliphatic carbocycles. The number of aromatic nitrogens is 1. The Hall–Kier alpha value is -2.01. The van der Waals surface area contributed by atoms with Gasteiger partial charge in [0.2, 0.25) is 0 Å². The highest BCUT2D eigenvalue weighted by molar-refractivity contribution is 7.80. The van der Waals surface area contributed by atoms with Crippen molar-refractivity contribution in [2.24, 2.45) is 5.73 Å². The van der Waals surface area contributed by atoms with Gasteiger partial charge in [0.15, 0.2) is 0 Å². The second-order valence-corrected chi connectivity index (χ2v) is 5.49. The number of hydrogen-bond acceptors (Lipinski definition) is 3. The minimum Gasteiger partial charge on any atom is -0.389 e. The van der Waals surface area contributed by atoms with Crippen LogP contribution in [0.4, 0.5) is 10.1 Å². The maximum atomic E-state index is 13.8. The summed E-state index contributed by atoms with van der Waals surface area (Å²) >= 11 is 5.13. The number of aryl methyl sites for hydroxylation is 2. The first-order valence-electron chi connectivity index (χ1n) is 6.62. The Morgan fingerprint density at radius 1 is 1.33 bits per heavy atom. The highest BCUT2D eigenvalue weighted by Gasteiger charge is 2.15. The zero-order valence-electron chi connectivity index (χ0n) is 12.4. The van der Waals surface area contributed by atoms with Crippen LogP contribution in [0.1, 0.15) is 22.5 Å². The van der Waals surface area contributed by atoms with E-state index in [1.165, 1.54) is 6.07 Å². The lowest BCUT2D eigenvalue weighted by molar-refractivity contribution is 0.608. The summed E-state index contributed by atoms with van der Waals surface area (Å²) in [6.07, 6.45) is 0. The number of nitrogens with zero attached hydrogens (tertiary/aromatic N) is 2. The van der Waals surface area contributed by atoms with Gasteiger partial charge in [-0.25, -0.2) is 4.39 Å². The molecule has 2 aromatic rings. The second-order valence-electron chi connectivity index (χ2n) is 5.05. The molecule has 0 radical (unpaired) electrons. The number of nitrogens with two attached hydrogens (primary N) is 1. The van der Waals surface area contributed by atoms with Crippen molar-refractivity contribution in [3.05, 3.63) is 58.7 Å². The molecule has 21 heavy (non-hydrogen) atoms. The van der Waals surface area contributed by atoms with Crippen molar-refractivity contribution in [1.82, 2.24) is 4.98 Å². The van der Waals surface area contributed by atoms with Gasteiger partial charge in [0.25, 0.3) is 0 Å². The lowest BCUT2D eigenvalue weighted by Crippen LogP contribution is -2.23. The Balaban J connectivity index is 2.41. The molecular weight excluding hydrogens is 285 g/mol. The quantitative estimate of drug-likeness (QED) is 0.881. The average Bonchev–Trinajstić information content (AvgIpc) is 2.39. The van der Waals surface area contributed by atoms with Gasteiger partial charge in [-0.05, 0) is 26.0 Å². The number of rotatable bonds is 4. The fraction of sp³-hybridized carbons (Fsp3) is 0.250. The summed E-state index contributed by atoms with van der Waals surface area (Å²) < 4.78 is 13.8. The first-order valence-corrected chi connectivity index (χ1v) is 7.03. The molecule has 0 aliphatic heterocycles. The Morgan fingerprint density at radius 2 is 2.00 bits per heavy atom. The van der Waals surface area contributed by atoms with Gasteiger partial charge in [0, 0.05) is 30.5 Å². The average molecular weight is 303 g/mol. The third-order valence-electron chi connectivity index (χ3n) is 3.33. The largest absolute Gasteiger partial charge is 0.389 e. The number of pyridine rings is 1. The molecule has 0 bridgehead atoms. The predicted octanol–water partition coefficient (Wildman–Crippen LogP) is 3.11. The number of hydrogen-bond donors (Lipinski definition) is 1. The van der Waals surface area contributed by atoms with Crippen molar-refractivity contribution >= 4 is 22.9 Å². The van der Waals surface area contributed by atoms with E-state index in [0.29, 0.717) is 17.1 Å². The maximum absolute atomic E-state index is 13.8. The highest BCUT2D eigenvalue weighted by atomic mass is 32.1. The summed E-state index contributed by atoms with van der Waals surface area (Å²) in [7, 11) is 1.89. The van der Waals surface area contributed by atoms with Crippen molar-refractivity contribution in [3.63, 3.8) is 0 Å². The molecule has 1 aromatic heterocycles. The first kappa shape index (κ1) is 15.4. The number of thiocarbonyl (C=S) groups is 1. The van der Waals surface area contributed by atoms with Crippen molar-refractivity contribution in [2.75, 3.05) is 11.9 Å². The Morgan fingerprint density at radius 3 is 2.62 bits per heavy atom. The molecule has 0 amide bonds. The van der Waals surface area contributed by atoms with Crippen molar-refractivity contribution in [1.29, 1.82) is 0 Å². The molecule has 0 spiro atoms. The number of anilines is 1. The van der Waals surface area contributed by atoms with Crippen LogP contribution in [0.5, 0.6) is 0 Å². The normalized spacial score (nSPS) is 10.5. The summed E-state index contributed by atoms with van der Waals surface area (Å²) in [5, 5.41) is 0. The monoisotopic (exact) mass is 303 g/mol. The SMILES string of the molecule is Cc1cc(N(C)Cc2ccccc2F)c(C(N)=S)c(C)n1. The van der Waals surface area contributed by atoms with Gasteiger partial charge in [0.05, 0.1) is 11.3 Å². The molecule has 0 fully saturated rings. The third-order valence-corrected chi connectivity index (χ3v) is 3.53. The first-order chi connectivity index (χ1) is 9.90. The van der Waals surface area contributed by atoms with Crippen LogP contribution < -0.4 is 10.6 Å². The van der Waals surface area contributed by atoms with E-state index >= 15 is 0 Å². The smallest absolute Gasteiger partial charge is 0.128 e. The fourth-order valence-electron chi connectivity index (χ4n) is 2.38. The fourth-order valence-corrected chi connectivity index (χ4v) is 2.63. The topological polar surface area (TPSA) is 42.1 Å².